The van der Waals surface area contributed by atoms with Gasteiger partial charge in [-0.15, -0.1) is 0 Å². The van der Waals surface area contributed by atoms with Crippen LogP contribution in [0.4, 0.5) is 18.9 Å². The second-order valence-electron chi connectivity index (χ2n) is 4.40. The third kappa shape index (κ3) is 4.44. The molecule has 2 aromatic carbocycles. The summed E-state index contributed by atoms with van der Waals surface area (Å²) in [7, 11) is -4.11. The van der Waals surface area contributed by atoms with Crippen LogP contribution in [0.1, 0.15) is 5.56 Å². The van der Waals surface area contributed by atoms with Crippen molar-refractivity contribution >= 4 is 50.5 Å². The lowest BCUT2D eigenvalue weighted by molar-refractivity contribution is -0.137. The van der Waals surface area contributed by atoms with Gasteiger partial charge in [0.2, 0.25) is 0 Å². The lowest BCUT2D eigenvalue weighted by Gasteiger charge is -2.12. The van der Waals surface area contributed by atoms with Crippen molar-refractivity contribution in [2.75, 3.05) is 4.72 Å². The molecule has 0 aliphatic rings. The molecule has 3 nitrogen and oxygen atoms in total. The Kier molecular flexibility index (Phi) is 5.06. The first-order valence-electron chi connectivity index (χ1n) is 5.85. The van der Waals surface area contributed by atoms with Gasteiger partial charge in [0.25, 0.3) is 10.0 Å². The van der Waals surface area contributed by atoms with Crippen molar-refractivity contribution in [2.24, 2.45) is 0 Å². The topological polar surface area (TPSA) is 46.2 Å². The molecule has 0 radical (unpaired) electrons. The highest BCUT2D eigenvalue weighted by Gasteiger charge is 2.31. The molecule has 124 valence electrons. The molecule has 2 rings (SSSR count). The fraction of sp³-hybridized carbons (Fsp3) is 0.0769. The zero-order valence-corrected chi connectivity index (χ0v) is 14.0. The Hall–Kier alpha value is -1.15. The number of hydrogen-bond donors (Lipinski definition) is 1. The number of halogens is 6. The van der Waals surface area contributed by atoms with E-state index in [2.05, 4.69) is 4.72 Å². The van der Waals surface area contributed by atoms with Gasteiger partial charge < -0.3 is 0 Å². The van der Waals surface area contributed by atoms with E-state index in [1.807, 2.05) is 0 Å². The molecule has 10 heteroatoms. The second-order valence-corrected chi connectivity index (χ2v) is 7.37. The van der Waals surface area contributed by atoms with Crippen LogP contribution >= 0.6 is 34.8 Å². The van der Waals surface area contributed by atoms with Gasteiger partial charge in [-0.2, -0.15) is 13.2 Å². The Morgan fingerprint density at radius 2 is 1.48 bits per heavy atom. The Bertz CT molecular complexity index is 834. The predicted octanol–water partition coefficient (Wildman–Crippen LogP) is 5.47. The normalized spacial score (nSPS) is 12.3. The summed E-state index contributed by atoms with van der Waals surface area (Å²) in [6, 6.07) is 5.91. The monoisotopic (exact) mass is 403 g/mol. The SMILES string of the molecule is O=S(=O)(Nc1ccc(C(F)(F)F)cc1Cl)c1cc(Cl)cc(Cl)c1. The van der Waals surface area contributed by atoms with Crippen molar-refractivity contribution in [1.29, 1.82) is 0 Å². The van der Waals surface area contributed by atoms with Crippen molar-refractivity contribution in [3.8, 4) is 0 Å². The minimum absolute atomic E-state index is 0.0939. The zero-order chi connectivity index (χ0) is 17.4. The number of anilines is 1. The van der Waals surface area contributed by atoms with Gasteiger partial charge >= 0.3 is 6.18 Å². The fourth-order valence-corrected chi connectivity index (χ4v) is 3.75. The molecule has 0 fully saturated rings. The minimum Gasteiger partial charge on any atom is -0.278 e. The predicted molar refractivity (Wildman–Crippen MR) is 83.7 cm³/mol. The number of hydrogen-bond acceptors (Lipinski definition) is 2. The summed E-state index contributed by atoms with van der Waals surface area (Å²) >= 11 is 17.2. The van der Waals surface area contributed by atoms with Gasteiger partial charge in [0, 0.05) is 10.0 Å². The highest BCUT2D eigenvalue weighted by Crippen LogP contribution is 2.34. The van der Waals surface area contributed by atoms with E-state index in [0.717, 1.165) is 18.2 Å². The summed E-state index contributed by atoms with van der Waals surface area (Å²) < 4.78 is 64.2. The van der Waals surface area contributed by atoms with Crippen LogP contribution in [0.3, 0.4) is 0 Å². The fourth-order valence-electron chi connectivity index (χ4n) is 1.66. The minimum atomic E-state index is -4.58. The van der Waals surface area contributed by atoms with Crippen LogP contribution in [0.2, 0.25) is 15.1 Å². The van der Waals surface area contributed by atoms with Crippen LogP contribution in [0.5, 0.6) is 0 Å². The van der Waals surface area contributed by atoms with E-state index >= 15 is 0 Å². The summed E-state index contributed by atoms with van der Waals surface area (Å²) in [4.78, 5) is -0.244. The zero-order valence-electron chi connectivity index (χ0n) is 11.0. The molecule has 0 heterocycles. The largest absolute Gasteiger partial charge is 0.416 e. The highest BCUT2D eigenvalue weighted by molar-refractivity contribution is 7.92. The van der Waals surface area contributed by atoms with E-state index in [4.69, 9.17) is 34.8 Å². The van der Waals surface area contributed by atoms with Gasteiger partial charge in [0.15, 0.2) is 0 Å². The first kappa shape index (κ1) is 18.2. The molecular weight excluding hydrogens is 398 g/mol. The van der Waals surface area contributed by atoms with Crippen molar-refractivity contribution in [2.45, 2.75) is 11.1 Å². The summed E-state index contributed by atoms with van der Waals surface area (Å²) in [5.41, 5.74) is -1.19. The van der Waals surface area contributed by atoms with E-state index in [1.54, 1.807) is 0 Å². The molecule has 0 aromatic heterocycles. The maximum atomic E-state index is 12.6. The van der Waals surface area contributed by atoms with Gasteiger partial charge in [0.1, 0.15) is 0 Å². The lowest BCUT2D eigenvalue weighted by atomic mass is 10.2. The summed E-state index contributed by atoms with van der Waals surface area (Å²) in [6.07, 6.45) is -4.58. The maximum absolute atomic E-state index is 12.6. The first-order chi connectivity index (χ1) is 10.5. The number of nitrogens with one attached hydrogen (secondary N) is 1. The van der Waals surface area contributed by atoms with E-state index in [0.29, 0.717) is 12.1 Å². The molecule has 0 amide bonds. The third-order valence-corrected chi connectivity index (χ3v) is 4.78. The van der Waals surface area contributed by atoms with Crippen LogP contribution in [0, 0.1) is 0 Å². The number of rotatable bonds is 3. The van der Waals surface area contributed by atoms with E-state index in [-0.39, 0.29) is 20.6 Å². The van der Waals surface area contributed by atoms with Crippen LogP contribution in [-0.2, 0) is 16.2 Å². The number of alkyl halides is 3. The summed E-state index contributed by atoms with van der Waals surface area (Å²) in [6.45, 7) is 0. The molecule has 0 atom stereocenters. The second kappa shape index (κ2) is 6.39. The summed E-state index contributed by atoms with van der Waals surface area (Å²) in [5.74, 6) is 0. The quantitative estimate of drug-likeness (QED) is 0.738. The van der Waals surface area contributed by atoms with Crippen molar-refractivity contribution in [3.63, 3.8) is 0 Å². The van der Waals surface area contributed by atoms with Gasteiger partial charge in [-0.05, 0) is 36.4 Å². The number of benzene rings is 2. The lowest BCUT2D eigenvalue weighted by Crippen LogP contribution is -2.14. The van der Waals surface area contributed by atoms with Gasteiger partial charge in [-0.1, -0.05) is 34.8 Å². The van der Waals surface area contributed by atoms with Gasteiger partial charge in [0.05, 0.1) is 21.2 Å². The molecule has 0 saturated carbocycles. The molecule has 2 aromatic rings. The molecule has 0 aliphatic heterocycles. The van der Waals surface area contributed by atoms with Crippen LogP contribution < -0.4 is 4.72 Å². The molecule has 0 unspecified atom stereocenters. The average molecular weight is 405 g/mol. The smallest absolute Gasteiger partial charge is 0.278 e. The van der Waals surface area contributed by atoms with Gasteiger partial charge in [-0.25, -0.2) is 8.42 Å². The molecule has 1 N–H and O–H groups in total. The Balaban J connectivity index is 2.38. The van der Waals surface area contributed by atoms with Crippen LogP contribution in [0.25, 0.3) is 0 Å². The average Bonchev–Trinajstić information content (AvgIpc) is 2.38. The third-order valence-electron chi connectivity index (χ3n) is 2.69. The molecule has 23 heavy (non-hydrogen) atoms. The van der Waals surface area contributed by atoms with E-state index in [9.17, 15) is 21.6 Å². The Labute approximate surface area is 145 Å². The standard InChI is InChI=1S/C13H7Cl3F3NO2S/c14-8-4-9(15)6-10(5-8)23(21,22)20-12-2-1-7(3-11(12)16)13(17,18)19/h1-6,20H. The summed E-state index contributed by atoms with van der Waals surface area (Å²) in [5, 5.41) is -0.204. The molecular formula is C13H7Cl3F3NO2S. The molecule has 0 saturated heterocycles. The van der Waals surface area contributed by atoms with E-state index < -0.39 is 26.8 Å². The van der Waals surface area contributed by atoms with Crippen molar-refractivity contribution in [3.05, 3.63) is 57.0 Å². The first-order valence-corrected chi connectivity index (χ1v) is 8.46. The Morgan fingerprint density at radius 3 is 1.96 bits per heavy atom. The van der Waals surface area contributed by atoms with Crippen molar-refractivity contribution < 1.29 is 21.6 Å². The Morgan fingerprint density at radius 1 is 0.913 bits per heavy atom. The van der Waals surface area contributed by atoms with Crippen LogP contribution in [-0.4, -0.2) is 8.42 Å². The van der Waals surface area contributed by atoms with Crippen LogP contribution in [0.15, 0.2) is 41.3 Å². The molecule has 0 bridgehead atoms. The van der Waals surface area contributed by atoms with E-state index in [1.165, 1.54) is 6.07 Å². The highest BCUT2D eigenvalue weighted by atomic mass is 35.5. The van der Waals surface area contributed by atoms with Crippen molar-refractivity contribution in [1.82, 2.24) is 0 Å². The molecule has 0 aliphatic carbocycles. The number of sulfonamides is 1. The van der Waals surface area contributed by atoms with Gasteiger partial charge in [-0.3, -0.25) is 4.72 Å². The molecule has 0 spiro atoms. The maximum Gasteiger partial charge on any atom is 0.416 e.